The zero-order valence-electron chi connectivity index (χ0n) is 9.36. The van der Waals surface area contributed by atoms with Gasteiger partial charge in [-0.25, -0.2) is 0 Å². The maximum atomic E-state index is 11.3. The minimum atomic E-state index is -1.44. The van der Waals surface area contributed by atoms with E-state index in [2.05, 4.69) is 23.0 Å². The molecule has 4 nitrogen and oxygen atoms in total. The van der Waals surface area contributed by atoms with Gasteiger partial charge in [-0.3, -0.25) is 0 Å². The highest BCUT2D eigenvalue weighted by atomic mass is 32.2. The van der Waals surface area contributed by atoms with Gasteiger partial charge in [0.15, 0.2) is 5.84 Å². The van der Waals surface area contributed by atoms with Crippen LogP contribution in [-0.2, 0) is 18.0 Å². The molecule has 5 heteroatoms. The van der Waals surface area contributed by atoms with Crippen molar-refractivity contribution in [2.75, 3.05) is 4.72 Å². The van der Waals surface area contributed by atoms with Crippen molar-refractivity contribution in [3.63, 3.8) is 0 Å². The minimum absolute atomic E-state index is 0.364. The Labute approximate surface area is 98.4 Å². The fourth-order valence-electron chi connectivity index (χ4n) is 1.85. The smallest absolute Gasteiger partial charge is 0.222 e. The molecular formula is C11H15N3OS. The van der Waals surface area contributed by atoms with Crippen molar-refractivity contribution in [1.29, 1.82) is 0 Å². The number of benzene rings is 1. The zero-order chi connectivity index (χ0) is 11.7. The highest BCUT2D eigenvalue weighted by Crippen LogP contribution is 2.26. The van der Waals surface area contributed by atoms with Gasteiger partial charge in [0.05, 0.1) is 11.3 Å². The molecule has 1 aliphatic rings. The first-order chi connectivity index (χ1) is 7.58. The first-order valence-corrected chi connectivity index (χ1v) is 6.33. The second-order valence-electron chi connectivity index (χ2n) is 4.27. The second kappa shape index (κ2) is 4.35. The SMILES string of the molecule is CC(C)Cc1cccc2c1C(N)=N[S+]([O-])N2. The molecular weight excluding hydrogens is 222 g/mol. The fraction of sp³-hybridized carbons (Fsp3) is 0.364. The molecule has 1 aromatic carbocycles. The molecule has 86 valence electrons. The number of nitrogens with zero attached hydrogens (tertiary/aromatic N) is 1. The Balaban J connectivity index is 2.45. The van der Waals surface area contributed by atoms with E-state index in [0.717, 1.165) is 23.2 Å². The van der Waals surface area contributed by atoms with Crippen LogP contribution in [0.15, 0.2) is 22.6 Å². The number of fused-ring (bicyclic) bond motifs is 1. The molecule has 1 unspecified atom stereocenters. The minimum Gasteiger partial charge on any atom is -0.566 e. The molecule has 0 bridgehead atoms. The third-order valence-corrected chi connectivity index (χ3v) is 3.17. The number of nitrogens with one attached hydrogen (secondary N) is 1. The van der Waals surface area contributed by atoms with Crippen LogP contribution in [0.5, 0.6) is 0 Å². The van der Waals surface area contributed by atoms with E-state index in [-0.39, 0.29) is 0 Å². The van der Waals surface area contributed by atoms with Gasteiger partial charge in [-0.1, -0.05) is 26.0 Å². The first kappa shape index (κ1) is 11.3. The molecule has 0 aliphatic carbocycles. The molecule has 0 amide bonds. The van der Waals surface area contributed by atoms with Gasteiger partial charge in [-0.05, 0) is 28.4 Å². The van der Waals surface area contributed by atoms with Crippen molar-refractivity contribution in [1.82, 2.24) is 0 Å². The lowest BCUT2D eigenvalue weighted by Gasteiger charge is -2.19. The third-order valence-electron chi connectivity index (χ3n) is 2.41. The van der Waals surface area contributed by atoms with Crippen molar-refractivity contribution >= 4 is 23.1 Å². The van der Waals surface area contributed by atoms with Gasteiger partial charge in [-0.15, -0.1) is 0 Å². The Morgan fingerprint density at radius 3 is 2.94 bits per heavy atom. The lowest BCUT2D eigenvalue weighted by Crippen LogP contribution is -2.27. The van der Waals surface area contributed by atoms with Crippen LogP contribution in [0.1, 0.15) is 25.0 Å². The van der Waals surface area contributed by atoms with Gasteiger partial charge in [0.1, 0.15) is 0 Å². The van der Waals surface area contributed by atoms with Crippen LogP contribution in [0, 0.1) is 5.92 Å². The predicted molar refractivity (Wildman–Crippen MR) is 67.5 cm³/mol. The molecule has 0 aromatic heterocycles. The molecule has 0 saturated heterocycles. The van der Waals surface area contributed by atoms with E-state index in [4.69, 9.17) is 5.73 Å². The summed E-state index contributed by atoms with van der Waals surface area (Å²) in [5.74, 6) is 0.912. The normalized spacial score (nSPS) is 19.0. The van der Waals surface area contributed by atoms with Gasteiger partial charge in [0.25, 0.3) is 0 Å². The Kier molecular flexibility index (Phi) is 3.07. The van der Waals surface area contributed by atoms with Crippen LogP contribution >= 0.6 is 0 Å². The Hall–Kier alpha value is -1.20. The van der Waals surface area contributed by atoms with Crippen LogP contribution in [0.2, 0.25) is 0 Å². The van der Waals surface area contributed by atoms with Gasteiger partial charge in [0, 0.05) is 0 Å². The summed E-state index contributed by atoms with van der Waals surface area (Å²) in [7, 11) is 0. The van der Waals surface area contributed by atoms with E-state index in [1.54, 1.807) is 0 Å². The van der Waals surface area contributed by atoms with Gasteiger partial charge < -0.3 is 10.3 Å². The predicted octanol–water partition coefficient (Wildman–Crippen LogP) is 1.59. The van der Waals surface area contributed by atoms with E-state index >= 15 is 0 Å². The lowest BCUT2D eigenvalue weighted by molar-refractivity contribution is 0.601. The molecule has 0 saturated carbocycles. The number of hydrogen-bond donors (Lipinski definition) is 2. The van der Waals surface area contributed by atoms with E-state index in [1.807, 2.05) is 18.2 Å². The standard InChI is InChI=1S/C11H15N3OS/c1-7(2)6-8-4-3-5-9-10(8)11(12)14-16(15)13-9/h3-5,7,13H,6H2,1-2H3,(H2,12,14). The van der Waals surface area contributed by atoms with Crippen LogP contribution < -0.4 is 10.5 Å². The fourth-order valence-corrected chi connectivity index (χ4v) is 2.52. The summed E-state index contributed by atoms with van der Waals surface area (Å²) >= 11 is -1.44. The highest BCUT2D eigenvalue weighted by molar-refractivity contribution is 7.91. The molecule has 1 atom stereocenters. The molecule has 0 spiro atoms. The molecule has 3 N–H and O–H groups in total. The number of hydrogen-bond acceptors (Lipinski definition) is 4. The van der Waals surface area contributed by atoms with Crippen LogP contribution in [-0.4, -0.2) is 10.4 Å². The van der Waals surface area contributed by atoms with Crippen molar-refractivity contribution in [3.05, 3.63) is 29.3 Å². The number of amidine groups is 1. The van der Waals surface area contributed by atoms with E-state index in [0.29, 0.717) is 11.8 Å². The summed E-state index contributed by atoms with van der Waals surface area (Å²) < 4.78 is 18.0. The summed E-state index contributed by atoms with van der Waals surface area (Å²) in [6.07, 6.45) is 0.938. The average Bonchev–Trinajstić information content (AvgIpc) is 2.15. The summed E-state index contributed by atoms with van der Waals surface area (Å²) in [5.41, 5.74) is 8.69. The molecule has 1 aliphatic heterocycles. The van der Waals surface area contributed by atoms with Crippen LogP contribution in [0.4, 0.5) is 5.69 Å². The molecule has 1 aromatic rings. The molecule has 0 radical (unpaired) electrons. The second-order valence-corrected chi connectivity index (χ2v) is 5.15. The molecule has 1 heterocycles. The van der Waals surface area contributed by atoms with Crippen LogP contribution in [0.3, 0.4) is 0 Å². The summed E-state index contributed by atoms with van der Waals surface area (Å²) in [6, 6.07) is 5.86. The quantitative estimate of drug-likeness (QED) is 0.767. The Morgan fingerprint density at radius 1 is 1.50 bits per heavy atom. The highest BCUT2D eigenvalue weighted by Gasteiger charge is 2.23. The third kappa shape index (κ3) is 2.15. The molecule has 16 heavy (non-hydrogen) atoms. The lowest BCUT2D eigenvalue weighted by atomic mass is 9.96. The van der Waals surface area contributed by atoms with E-state index < -0.39 is 11.5 Å². The van der Waals surface area contributed by atoms with E-state index in [9.17, 15) is 4.55 Å². The van der Waals surface area contributed by atoms with Crippen molar-refractivity contribution in [2.24, 2.45) is 16.0 Å². The van der Waals surface area contributed by atoms with Crippen LogP contribution in [0.25, 0.3) is 0 Å². The first-order valence-electron chi connectivity index (χ1n) is 5.23. The molecule has 0 fully saturated rings. The topological polar surface area (TPSA) is 73.5 Å². The van der Waals surface area contributed by atoms with Crippen molar-refractivity contribution in [3.8, 4) is 0 Å². The maximum absolute atomic E-state index is 11.3. The summed E-state index contributed by atoms with van der Waals surface area (Å²) in [4.78, 5) is 0. The Bertz CT molecular complexity index is 431. The van der Waals surface area contributed by atoms with E-state index in [1.165, 1.54) is 0 Å². The summed E-state index contributed by atoms with van der Waals surface area (Å²) in [6.45, 7) is 4.31. The summed E-state index contributed by atoms with van der Waals surface area (Å²) in [5, 5.41) is 0. The Morgan fingerprint density at radius 2 is 2.25 bits per heavy atom. The van der Waals surface area contributed by atoms with Gasteiger partial charge in [0.2, 0.25) is 11.5 Å². The molecule has 2 rings (SSSR count). The largest absolute Gasteiger partial charge is 0.566 e. The zero-order valence-corrected chi connectivity index (χ0v) is 10.2. The van der Waals surface area contributed by atoms with Crippen molar-refractivity contribution < 1.29 is 4.55 Å². The van der Waals surface area contributed by atoms with Crippen molar-refractivity contribution in [2.45, 2.75) is 20.3 Å². The van der Waals surface area contributed by atoms with Gasteiger partial charge in [-0.2, -0.15) is 4.72 Å². The van der Waals surface area contributed by atoms with Gasteiger partial charge >= 0.3 is 0 Å². The number of rotatable bonds is 2. The maximum Gasteiger partial charge on any atom is 0.222 e. The number of anilines is 1. The average molecular weight is 237 g/mol. The monoisotopic (exact) mass is 237 g/mol. The number of nitrogens with two attached hydrogens (primary N) is 1.